The smallest absolute Gasteiger partial charge is 0.337 e. The fraction of sp³-hybridized carbons (Fsp3) is 0. The molecule has 1 rings (SSSR count). The summed E-state index contributed by atoms with van der Waals surface area (Å²) in [6.07, 6.45) is 2.84. The molecule has 0 unspecified atom stereocenters. The molecule has 0 aliphatic carbocycles. The van der Waals surface area contributed by atoms with Crippen LogP contribution in [-0.2, 0) is 0 Å². The third-order valence-corrected chi connectivity index (χ3v) is 0.908. The van der Waals surface area contributed by atoms with Gasteiger partial charge in [-0.25, -0.2) is 4.79 Å². The quantitative estimate of drug-likeness (QED) is 0.767. The van der Waals surface area contributed by atoms with Crippen molar-refractivity contribution in [2.45, 2.75) is 0 Å². The lowest BCUT2D eigenvalue weighted by molar-refractivity contribution is 0.0696. The molecule has 1 N–H and O–H groups in total. The summed E-state index contributed by atoms with van der Waals surface area (Å²) in [7, 11) is 0. The lowest BCUT2D eigenvalue weighted by Gasteiger charge is -1.87. The van der Waals surface area contributed by atoms with E-state index in [9.17, 15) is 4.79 Å². The lowest BCUT2D eigenvalue weighted by Crippen LogP contribution is -1.94. The molecule has 0 fully saturated rings. The number of hydrogen-bond donors (Lipinski definition) is 1. The van der Waals surface area contributed by atoms with Crippen molar-refractivity contribution in [1.29, 1.82) is 0 Å². The Morgan fingerprint density at radius 2 is 2.30 bits per heavy atom. The molecular formula is C6H6INO2. The van der Waals surface area contributed by atoms with Gasteiger partial charge < -0.3 is 5.11 Å². The highest BCUT2D eigenvalue weighted by Gasteiger charge is 1.97. The molecule has 0 radical (unpaired) electrons. The first-order valence-corrected chi connectivity index (χ1v) is 2.44. The molecule has 1 aromatic rings. The van der Waals surface area contributed by atoms with E-state index in [-0.39, 0.29) is 29.5 Å². The third-order valence-electron chi connectivity index (χ3n) is 0.908. The zero-order chi connectivity index (χ0) is 6.69. The Kier molecular flexibility index (Phi) is 3.94. The van der Waals surface area contributed by atoms with Crippen molar-refractivity contribution >= 4 is 29.9 Å². The fourth-order valence-corrected chi connectivity index (χ4v) is 0.489. The van der Waals surface area contributed by atoms with Gasteiger partial charge in [-0.15, -0.1) is 24.0 Å². The lowest BCUT2D eigenvalue weighted by atomic mass is 10.3. The number of carboxylic acid groups (broad SMARTS) is 1. The second-order valence-electron chi connectivity index (χ2n) is 1.55. The topological polar surface area (TPSA) is 50.2 Å². The number of hydrogen-bond acceptors (Lipinski definition) is 2. The minimum absolute atomic E-state index is 0. The van der Waals surface area contributed by atoms with Crippen LogP contribution >= 0.6 is 24.0 Å². The van der Waals surface area contributed by atoms with Gasteiger partial charge in [-0.05, 0) is 12.1 Å². The van der Waals surface area contributed by atoms with E-state index >= 15 is 0 Å². The van der Waals surface area contributed by atoms with Crippen LogP contribution in [0.2, 0.25) is 0 Å². The van der Waals surface area contributed by atoms with Crippen LogP contribution in [0.1, 0.15) is 10.4 Å². The number of aromatic carboxylic acids is 1. The summed E-state index contributed by atoms with van der Waals surface area (Å²) >= 11 is 0. The molecule has 0 aliphatic heterocycles. The summed E-state index contributed by atoms with van der Waals surface area (Å²) in [6.45, 7) is 0. The van der Waals surface area contributed by atoms with E-state index in [1.807, 2.05) is 0 Å². The SMILES string of the molecule is I.O=C(O)c1cccnc1. The zero-order valence-electron chi connectivity index (χ0n) is 5.02. The van der Waals surface area contributed by atoms with Crippen LogP contribution in [0.5, 0.6) is 0 Å². The van der Waals surface area contributed by atoms with E-state index in [4.69, 9.17) is 5.11 Å². The second kappa shape index (κ2) is 4.21. The van der Waals surface area contributed by atoms with E-state index in [1.165, 1.54) is 18.5 Å². The Balaban J connectivity index is 0.000000810. The van der Waals surface area contributed by atoms with Gasteiger partial charge in [0.15, 0.2) is 0 Å². The van der Waals surface area contributed by atoms with E-state index in [2.05, 4.69) is 4.98 Å². The highest BCUT2D eigenvalue weighted by Crippen LogP contribution is 1.92. The maximum atomic E-state index is 10.2. The fourth-order valence-electron chi connectivity index (χ4n) is 0.489. The predicted octanol–water partition coefficient (Wildman–Crippen LogP) is 1.40. The number of aromatic nitrogens is 1. The third kappa shape index (κ3) is 2.30. The highest BCUT2D eigenvalue weighted by molar-refractivity contribution is 14.0. The van der Waals surface area contributed by atoms with Crippen LogP contribution in [0.4, 0.5) is 0 Å². The standard InChI is InChI=1S/C6H5NO2.HI/c8-6(9)5-2-1-3-7-4-5;/h1-4H,(H,8,9);1H. The Bertz CT molecular complexity index is 212. The van der Waals surface area contributed by atoms with Gasteiger partial charge in [-0.3, -0.25) is 4.98 Å². The average Bonchev–Trinajstić information content (AvgIpc) is 1.90. The van der Waals surface area contributed by atoms with Crippen LogP contribution in [0.15, 0.2) is 24.5 Å². The van der Waals surface area contributed by atoms with Gasteiger partial charge in [0.2, 0.25) is 0 Å². The molecule has 0 amide bonds. The Morgan fingerprint density at radius 3 is 2.60 bits per heavy atom. The Morgan fingerprint density at radius 1 is 1.60 bits per heavy atom. The molecule has 0 aliphatic rings. The Labute approximate surface area is 75.1 Å². The zero-order valence-corrected chi connectivity index (χ0v) is 7.35. The number of halogens is 1. The number of pyridine rings is 1. The predicted molar refractivity (Wildman–Crippen MR) is 46.6 cm³/mol. The molecule has 3 nitrogen and oxygen atoms in total. The van der Waals surface area contributed by atoms with Crippen LogP contribution in [0.3, 0.4) is 0 Å². The van der Waals surface area contributed by atoms with Gasteiger partial charge in [0.1, 0.15) is 0 Å². The van der Waals surface area contributed by atoms with Crippen molar-refractivity contribution in [1.82, 2.24) is 4.98 Å². The van der Waals surface area contributed by atoms with Crippen LogP contribution in [0, 0.1) is 0 Å². The van der Waals surface area contributed by atoms with Crippen LogP contribution in [0.25, 0.3) is 0 Å². The summed E-state index contributed by atoms with van der Waals surface area (Å²) in [5.74, 6) is -0.942. The van der Waals surface area contributed by atoms with Gasteiger partial charge in [0.05, 0.1) is 5.56 Å². The van der Waals surface area contributed by atoms with Gasteiger partial charge in [0, 0.05) is 12.4 Å². The number of carbonyl (C=O) groups is 1. The summed E-state index contributed by atoms with van der Waals surface area (Å²) < 4.78 is 0. The molecule has 0 aromatic carbocycles. The first-order chi connectivity index (χ1) is 4.30. The molecule has 0 saturated carbocycles. The molecule has 4 heteroatoms. The summed E-state index contributed by atoms with van der Waals surface area (Å²) in [4.78, 5) is 13.8. The molecule has 10 heavy (non-hydrogen) atoms. The largest absolute Gasteiger partial charge is 0.478 e. The van der Waals surface area contributed by atoms with Crippen molar-refractivity contribution in [2.24, 2.45) is 0 Å². The molecule has 0 atom stereocenters. The van der Waals surface area contributed by atoms with Gasteiger partial charge in [-0.1, -0.05) is 0 Å². The molecule has 0 saturated heterocycles. The first-order valence-electron chi connectivity index (χ1n) is 2.44. The first kappa shape index (κ1) is 9.35. The normalized spacial score (nSPS) is 8.00. The number of nitrogens with zero attached hydrogens (tertiary/aromatic N) is 1. The molecule has 54 valence electrons. The summed E-state index contributed by atoms with van der Waals surface area (Å²) in [6, 6.07) is 3.08. The molecular weight excluding hydrogens is 245 g/mol. The van der Waals surface area contributed by atoms with Crippen molar-refractivity contribution in [3.63, 3.8) is 0 Å². The van der Waals surface area contributed by atoms with Crippen LogP contribution < -0.4 is 0 Å². The van der Waals surface area contributed by atoms with E-state index < -0.39 is 5.97 Å². The van der Waals surface area contributed by atoms with E-state index in [0.717, 1.165) is 0 Å². The number of carboxylic acids is 1. The van der Waals surface area contributed by atoms with E-state index in [0.29, 0.717) is 0 Å². The van der Waals surface area contributed by atoms with Crippen molar-refractivity contribution < 1.29 is 9.90 Å². The van der Waals surface area contributed by atoms with Crippen molar-refractivity contribution in [3.05, 3.63) is 30.1 Å². The maximum absolute atomic E-state index is 10.2. The van der Waals surface area contributed by atoms with E-state index in [1.54, 1.807) is 6.07 Å². The highest BCUT2D eigenvalue weighted by atomic mass is 127. The molecule has 1 aromatic heterocycles. The molecule has 1 heterocycles. The molecule has 0 bridgehead atoms. The monoisotopic (exact) mass is 251 g/mol. The summed E-state index contributed by atoms with van der Waals surface area (Å²) in [5.41, 5.74) is 0.220. The van der Waals surface area contributed by atoms with Gasteiger partial charge in [0.25, 0.3) is 0 Å². The van der Waals surface area contributed by atoms with Gasteiger partial charge >= 0.3 is 5.97 Å². The van der Waals surface area contributed by atoms with Crippen LogP contribution in [-0.4, -0.2) is 16.1 Å². The van der Waals surface area contributed by atoms with Gasteiger partial charge in [-0.2, -0.15) is 0 Å². The minimum Gasteiger partial charge on any atom is -0.478 e. The average molecular weight is 251 g/mol. The number of rotatable bonds is 1. The Hall–Kier alpha value is -0.650. The minimum atomic E-state index is -0.942. The van der Waals surface area contributed by atoms with Crippen molar-refractivity contribution in [2.75, 3.05) is 0 Å². The second-order valence-corrected chi connectivity index (χ2v) is 1.55. The summed E-state index contributed by atoms with van der Waals surface area (Å²) in [5, 5.41) is 8.34. The molecule has 0 spiro atoms. The maximum Gasteiger partial charge on any atom is 0.337 e. The van der Waals surface area contributed by atoms with Crippen molar-refractivity contribution in [3.8, 4) is 0 Å².